The second kappa shape index (κ2) is 9.45. The average Bonchev–Trinajstić information content (AvgIpc) is 3.22. The predicted molar refractivity (Wildman–Crippen MR) is 124 cm³/mol. The largest absolute Gasteiger partial charge is 0.365 e. The van der Waals surface area contributed by atoms with Crippen LogP contribution in [-0.2, 0) is 28.3 Å². The second-order valence-corrected chi connectivity index (χ2v) is 9.27. The van der Waals surface area contributed by atoms with Gasteiger partial charge in [0.2, 0.25) is 5.91 Å². The molecule has 3 heterocycles. The van der Waals surface area contributed by atoms with Crippen LogP contribution in [0.4, 0.5) is 8.78 Å². The van der Waals surface area contributed by atoms with E-state index < -0.39 is 23.6 Å². The Bertz CT molecular complexity index is 1230. The number of nitrogens with zero attached hydrogens (tertiary/aromatic N) is 3. The fourth-order valence-corrected chi connectivity index (χ4v) is 5.14. The number of likely N-dealkylation sites (tertiary alicyclic amines) is 1. The number of benzene rings is 2. The topological polar surface area (TPSA) is 65.9 Å². The molecule has 6 nitrogen and oxygen atoms in total. The first kappa shape index (κ1) is 23.5. The third kappa shape index (κ3) is 4.57. The molecular weight excluding hydrogens is 452 g/mol. The highest BCUT2D eigenvalue weighted by Crippen LogP contribution is 2.43. The molecule has 0 radical (unpaired) electrons. The van der Waals surface area contributed by atoms with Crippen LogP contribution >= 0.6 is 0 Å². The minimum Gasteiger partial charge on any atom is -0.365 e. The Hall–Kier alpha value is -3.20. The smallest absolute Gasteiger partial charge is 0.243 e. The van der Waals surface area contributed by atoms with Crippen molar-refractivity contribution in [1.82, 2.24) is 14.9 Å². The fraction of sp³-hybridized carbons (Fsp3) is 0.333. The Labute approximate surface area is 202 Å². The van der Waals surface area contributed by atoms with Crippen LogP contribution in [0.5, 0.6) is 0 Å². The lowest BCUT2D eigenvalue weighted by molar-refractivity contribution is -0.170. The van der Waals surface area contributed by atoms with Gasteiger partial charge in [-0.05, 0) is 53.3 Å². The summed E-state index contributed by atoms with van der Waals surface area (Å²) in [5.74, 6) is -2.62. The number of carbonyl (C=O) groups excluding carboxylic acids is 1. The molecule has 1 spiro atoms. The van der Waals surface area contributed by atoms with E-state index in [0.29, 0.717) is 17.2 Å². The molecule has 0 bridgehead atoms. The Kier molecular flexibility index (Phi) is 6.35. The maximum atomic E-state index is 13.9. The van der Waals surface area contributed by atoms with E-state index in [2.05, 4.69) is 9.88 Å². The van der Waals surface area contributed by atoms with Crippen molar-refractivity contribution in [1.29, 1.82) is 0 Å². The third-order valence-corrected chi connectivity index (χ3v) is 7.10. The van der Waals surface area contributed by atoms with E-state index in [-0.39, 0.29) is 11.2 Å². The van der Waals surface area contributed by atoms with Crippen molar-refractivity contribution < 1.29 is 23.5 Å². The standard InChI is InChI=1S/C27H27F2N3O3/c1-18(33)32(34)26(21-6-7-24(28)25(29)14-21)20-4-2-19(3-5-20)16-31-12-9-27(10-13-31)23-15-30-11-8-22(23)17-35-27/h2-8,11,14-15,26,34H,9-10,12-13,16-17H2,1H3. The molecule has 0 saturated carbocycles. The van der Waals surface area contributed by atoms with Crippen molar-refractivity contribution in [2.24, 2.45) is 0 Å². The molecule has 0 aliphatic carbocycles. The van der Waals surface area contributed by atoms with Gasteiger partial charge in [0.1, 0.15) is 6.04 Å². The maximum absolute atomic E-state index is 13.9. The van der Waals surface area contributed by atoms with Crippen LogP contribution in [0.2, 0.25) is 0 Å². The van der Waals surface area contributed by atoms with Gasteiger partial charge >= 0.3 is 0 Å². The van der Waals surface area contributed by atoms with Gasteiger partial charge in [-0.25, -0.2) is 13.8 Å². The van der Waals surface area contributed by atoms with Gasteiger partial charge in [-0.1, -0.05) is 30.3 Å². The molecule has 1 atom stereocenters. The van der Waals surface area contributed by atoms with Crippen molar-refractivity contribution >= 4 is 5.91 Å². The number of hydrogen-bond donors (Lipinski definition) is 1. The van der Waals surface area contributed by atoms with Gasteiger partial charge in [-0.15, -0.1) is 0 Å². The van der Waals surface area contributed by atoms with Crippen LogP contribution in [0.3, 0.4) is 0 Å². The lowest BCUT2D eigenvalue weighted by Gasteiger charge is -2.39. The van der Waals surface area contributed by atoms with Gasteiger partial charge in [0.05, 0.1) is 12.2 Å². The molecule has 1 fully saturated rings. The predicted octanol–water partition coefficient (Wildman–Crippen LogP) is 4.71. The molecule has 2 aliphatic rings. The summed E-state index contributed by atoms with van der Waals surface area (Å²) in [5, 5.41) is 10.9. The van der Waals surface area contributed by atoms with E-state index >= 15 is 0 Å². The normalized spacial score (nSPS) is 17.8. The summed E-state index contributed by atoms with van der Waals surface area (Å²) in [7, 11) is 0. The van der Waals surface area contributed by atoms with E-state index in [9.17, 15) is 18.8 Å². The fourth-order valence-electron chi connectivity index (χ4n) is 5.14. The lowest BCUT2D eigenvalue weighted by atomic mass is 9.84. The molecule has 1 saturated heterocycles. The molecule has 2 aromatic carbocycles. The number of halogens is 2. The van der Waals surface area contributed by atoms with Crippen molar-refractivity contribution in [2.75, 3.05) is 13.1 Å². The number of ether oxygens (including phenoxy) is 1. The highest BCUT2D eigenvalue weighted by Gasteiger charge is 2.42. The van der Waals surface area contributed by atoms with Gasteiger partial charge in [0.25, 0.3) is 0 Å². The summed E-state index contributed by atoms with van der Waals surface area (Å²) in [6.45, 7) is 4.39. The molecular formula is C27H27F2N3O3. The zero-order valence-electron chi connectivity index (χ0n) is 19.5. The highest BCUT2D eigenvalue weighted by atomic mass is 19.2. The summed E-state index contributed by atoms with van der Waals surface area (Å²) in [6.07, 6.45) is 5.55. The number of aromatic nitrogens is 1. The molecule has 1 amide bonds. The molecule has 5 rings (SSSR count). The summed E-state index contributed by atoms with van der Waals surface area (Å²) in [5.41, 5.74) is 4.16. The molecule has 8 heteroatoms. The number of hydroxylamine groups is 2. The van der Waals surface area contributed by atoms with Crippen molar-refractivity contribution in [3.63, 3.8) is 0 Å². The Balaban J connectivity index is 1.28. The van der Waals surface area contributed by atoms with Crippen LogP contribution < -0.4 is 0 Å². The quantitative estimate of drug-likeness (QED) is 0.424. The first-order chi connectivity index (χ1) is 16.9. The molecule has 35 heavy (non-hydrogen) atoms. The first-order valence-corrected chi connectivity index (χ1v) is 11.7. The molecule has 1 aromatic heterocycles. The minimum atomic E-state index is -1.03. The van der Waals surface area contributed by atoms with E-state index in [1.807, 2.05) is 30.6 Å². The third-order valence-electron chi connectivity index (χ3n) is 7.10. The SMILES string of the molecule is CC(=O)N(O)C(c1ccc(CN2CCC3(CC2)OCc2ccncc23)cc1)c1ccc(F)c(F)c1. The number of fused-ring (bicyclic) bond motifs is 2. The summed E-state index contributed by atoms with van der Waals surface area (Å²) in [6, 6.07) is 11.9. The van der Waals surface area contributed by atoms with Crippen LogP contribution in [0.1, 0.15) is 53.6 Å². The van der Waals surface area contributed by atoms with Gasteiger partial charge in [0.15, 0.2) is 11.6 Å². The lowest BCUT2D eigenvalue weighted by Crippen LogP contribution is -2.42. The van der Waals surface area contributed by atoms with E-state index in [0.717, 1.165) is 50.2 Å². The average molecular weight is 480 g/mol. The highest BCUT2D eigenvalue weighted by molar-refractivity contribution is 5.73. The van der Waals surface area contributed by atoms with Crippen LogP contribution in [-0.4, -0.2) is 39.2 Å². The van der Waals surface area contributed by atoms with Gasteiger partial charge in [-0.2, -0.15) is 0 Å². The van der Waals surface area contributed by atoms with Gasteiger partial charge < -0.3 is 4.74 Å². The zero-order chi connectivity index (χ0) is 24.6. The van der Waals surface area contributed by atoms with Crippen molar-refractivity contribution in [3.8, 4) is 0 Å². The molecule has 1 N–H and O–H groups in total. The Morgan fingerprint density at radius 3 is 2.51 bits per heavy atom. The second-order valence-electron chi connectivity index (χ2n) is 9.27. The summed E-state index contributed by atoms with van der Waals surface area (Å²) in [4.78, 5) is 18.6. The maximum Gasteiger partial charge on any atom is 0.243 e. The summed E-state index contributed by atoms with van der Waals surface area (Å²) < 4.78 is 33.5. The molecule has 1 unspecified atom stereocenters. The van der Waals surface area contributed by atoms with Crippen molar-refractivity contribution in [2.45, 2.75) is 44.6 Å². The van der Waals surface area contributed by atoms with Crippen LogP contribution in [0.15, 0.2) is 60.9 Å². The van der Waals surface area contributed by atoms with Crippen LogP contribution in [0, 0.1) is 11.6 Å². The molecule has 3 aromatic rings. The molecule has 2 aliphatic heterocycles. The Morgan fingerprint density at radius 1 is 1.11 bits per heavy atom. The van der Waals surface area contributed by atoms with Gasteiger partial charge in [-0.3, -0.25) is 19.9 Å². The Morgan fingerprint density at radius 2 is 1.83 bits per heavy atom. The number of amides is 1. The monoisotopic (exact) mass is 479 g/mol. The van der Waals surface area contributed by atoms with E-state index in [4.69, 9.17) is 4.74 Å². The summed E-state index contributed by atoms with van der Waals surface area (Å²) >= 11 is 0. The molecule has 182 valence electrons. The van der Waals surface area contributed by atoms with E-state index in [1.54, 1.807) is 12.1 Å². The number of hydrogen-bond acceptors (Lipinski definition) is 5. The number of piperidine rings is 1. The van der Waals surface area contributed by atoms with Gasteiger partial charge in [0, 0.05) is 44.5 Å². The van der Waals surface area contributed by atoms with E-state index in [1.165, 1.54) is 24.1 Å². The number of pyridine rings is 1. The van der Waals surface area contributed by atoms with Crippen molar-refractivity contribution in [3.05, 3.63) is 100 Å². The first-order valence-electron chi connectivity index (χ1n) is 11.7. The zero-order valence-corrected chi connectivity index (χ0v) is 19.5. The number of carbonyl (C=O) groups is 1. The number of rotatable bonds is 5. The van der Waals surface area contributed by atoms with Crippen LogP contribution in [0.25, 0.3) is 0 Å². The minimum absolute atomic E-state index is 0.237.